The number of esters is 2. The van der Waals surface area contributed by atoms with E-state index in [0.29, 0.717) is 12.8 Å². The van der Waals surface area contributed by atoms with Crippen LogP contribution in [-0.2, 0) is 14.3 Å². The van der Waals surface area contributed by atoms with Gasteiger partial charge in [0.05, 0.1) is 0 Å². The van der Waals surface area contributed by atoms with Crippen molar-refractivity contribution in [3.63, 3.8) is 0 Å². The third kappa shape index (κ3) is 7.18. The van der Waals surface area contributed by atoms with Gasteiger partial charge in [-0.2, -0.15) is 0 Å². The number of ether oxygens (including phenoxy) is 1. The van der Waals surface area contributed by atoms with Crippen molar-refractivity contribution in [1.82, 2.24) is 0 Å². The number of carbonyl (C=O) groups excluding carboxylic acids is 2. The summed E-state index contributed by atoms with van der Waals surface area (Å²) in [7, 11) is 0. The van der Waals surface area contributed by atoms with Crippen molar-refractivity contribution in [3.05, 3.63) is 0 Å². The fourth-order valence-corrected chi connectivity index (χ4v) is 0.637. The Morgan fingerprint density at radius 3 is 1.58 bits per heavy atom. The Morgan fingerprint density at radius 2 is 1.33 bits per heavy atom. The quantitative estimate of drug-likeness (QED) is 0.487. The van der Waals surface area contributed by atoms with Crippen LogP contribution in [0.5, 0.6) is 0 Å². The van der Waals surface area contributed by atoms with Crippen molar-refractivity contribution >= 4 is 11.9 Å². The highest BCUT2D eigenvalue weighted by Crippen LogP contribution is 1.95. The first kappa shape index (κ1) is 13.6. The molecule has 0 aromatic carbocycles. The Kier molecular flexibility index (Phi) is 9.29. The monoisotopic (exact) mass is 178 g/mol. The summed E-state index contributed by atoms with van der Waals surface area (Å²) in [5.74, 6) is -0.822. The van der Waals surface area contributed by atoms with Gasteiger partial charge in [0.2, 0.25) is 0 Å². The summed E-state index contributed by atoms with van der Waals surface area (Å²) >= 11 is 0. The number of carbonyl (C=O) groups is 2. The van der Waals surface area contributed by atoms with E-state index in [-0.39, 0.29) is 4.70 Å². The van der Waals surface area contributed by atoms with Crippen LogP contribution in [0.15, 0.2) is 0 Å². The van der Waals surface area contributed by atoms with E-state index in [4.69, 9.17) is 0 Å². The highest BCUT2D eigenvalue weighted by Gasteiger charge is 2.06. The average molecular weight is 178 g/mol. The molecule has 0 saturated carbocycles. The Balaban J connectivity index is 0. The van der Waals surface area contributed by atoms with Gasteiger partial charge in [-0.3, -0.25) is 14.3 Å². The number of halogens is 1. The molecule has 0 aliphatic rings. The smallest absolute Gasteiger partial charge is 0.313 e. The van der Waals surface area contributed by atoms with Crippen LogP contribution in [0.3, 0.4) is 0 Å². The predicted octanol–water partition coefficient (Wildman–Crippen LogP) is 1.81. The zero-order chi connectivity index (χ0) is 8.69. The molecule has 0 bridgehead atoms. The van der Waals surface area contributed by atoms with Crippen molar-refractivity contribution in [2.75, 3.05) is 0 Å². The van der Waals surface area contributed by atoms with Gasteiger partial charge < -0.3 is 4.74 Å². The molecular formula is C8H15FO3. The van der Waals surface area contributed by atoms with Crippen molar-refractivity contribution < 1.29 is 19.0 Å². The maximum absolute atomic E-state index is 10.7. The number of hydrogen-bond acceptors (Lipinski definition) is 3. The normalized spacial score (nSPS) is 8.50. The van der Waals surface area contributed by atoms with Crippen molar-refractivity contribution in [2.24, 2.45) is 0 Å². The standard InChI is InChI=1S/C8H14O3.FH/c1-3-5-7(9)11-8(10)6-4-2;/h3-6H2,1-2H3;1H. The minimum atomic E-state index is -0.411. The van der Waals surface area contributed by atoms with E-state index in [9.17, 15) is 9.59 Å². The van der Waals surface area contributed by atoms with Crippen molar-refractivity contribution in [2.45, 2.75) is 39.5 Å². The molecule has 0 spiro atoms. The lowest BCUT2D eigenvalue weighted by molar-refractivity contribution is -0.159. The molecule has 72 valence electrons. The zero-order valence-electron chi connectivity index (χ0n) is 7.46. The lowest BCUT2D eigenvalue weighted by atomic mass is 10.3. The summed E-state index contributed by atoms with van der Waals surface area (Å²) in [5.41, 5.74) is 0. The van der Waals surface area contributed by atoms with Gasteiger partial charge in [0.15, 0.2) is 0 Å². The molecule has 0 saturated heterocycles. The summed E-state index contributed by atoms with van der Waals surface area (Å²) in [4.78, 5) is 21.4. The fourth-order valence-electron chi connectivity index (χ4n) is 0.637. The van der Waals surface area contributed by atoms with Gasteiger partial charge in [0.1, 0.15) is 0 Å². The zero-order valence-corrected chi connectivity index (χ0v) is 7.46. The van der Waals surface area contributed by atoms with Gasteiger partial charge in [0, 0.05) is 12.8 Å². The maximum Gasteiger partial charge on any atom is 0.313 e. The second-order valence-corrected chi connectivity index (χ2v) is 2.35. The van der Waals surface area contributed by atoms with Gasteiger partial charge >= 0.3 is 11.9 Å². The van der Waals surface area contributed by atoms with Crippen LogP contribution in [-0.4, -0.2) is 11.9 Å². The van der Waals surface area contributed by atoms with Gasteiger partial charge in [-0.25, -0.2) is 0 Å². The second kappa shape index (κ2) is 8.17. The molecule has 0 fully saturated rings. The summed E-state index contributed by atoms with van der Waals surface area (Å²) in [6, 6.07) is 0. The Bertz CT molecular complexity index is 129. The minimum absolute atomic E-state index is 0. The van der Waals surface area contributed by atoms with E-state index in [0.717, 1.165) is 12.8 Å². The van der Waals surface area contributed by atoms with Crippen LogP contribution in [0, 0.1) is 0 Å². The summed E-state index contributed by atoms with van der Waals surface area (Å²) in [6.07, 6.45) is 2.10. The third-order valence-electron chi connectivity index (χ3n) is 1.14. The lowest BCUT2D eigenvalue weighted by Crippen LogP contribution is -2.10. The first-order chi connectivity index (χ1) is 5.20. The molecule has 0 heterocycles. The van der Waals surface area contributed by atoms with E-state index in [1.54, 1.807) is 0 Å². The number of hydrogen-bond donors (Lipinski definition) is 0. The van der Waals surface area contributed by atoms with E-state index >= 15 is 0 Å². The Morgan fingerprint density at radius 1 is 1.00 bits per heavy atom. The molecule has 0 rings (SSSR count). The van der Waals surface area contributed by atoms with Crippen LogP contribution in [0.1, 0.15) is 39.5 Å². The molecule has 0 N–H and O–H groups in total. The lowest BCUT2D eigenvalue weighted by Gasteiger charge is -1.98. The van der Waals surface area contributed by atoms with E-state index in [1.807, 2.05) is 13.8 Å². The molecule has 0 aromatic heterocycles. The molecule has 0 amide bonds. The maximum atomic E-state index is 10.7. The molecule has 0 radical (unpaired) electrons. The molecule has 0 aliphatic heterocycles. The highest BCUT2D eigenvalue weighted by molar-refractivity contribution is 5.85. The van der Waals surface area contributed by atoms with Crippen LogP contribution in [0.25, 0.3) is 0 Å². The predicted molar refractivity (Wildman–Crippen MR) is 43.4 cm³/mol. The summed E-state index contributed by atoms with van der Waals surface area (Å²) in [5, 5.41) is 0. The van der Waals surface area contributed by atoms with Gasteiger partial charge in [-0.15, -0.1) is 0 Å². The molecule has 0 unspecified atom stereocenters. The summed E-state index contributed by atoms with van der Waals surface area (Å²) in [6.45, 7) is 3.73. The average Bonchev–Trinajstić information content (AvgIpc) is 1.87. The van der Waals surface area contributed by atoms with Gasteiger partial charge in [-0.1, -0.05) is 13.8 Å². The minimum Gasteiger partial charge on any atom is -0.393 e. The molecule has 12 heavy (non-hydrogen) atoms. The van der Waals surface area contributed by atoms with Gasteiger partial charge in [-0.05, 0) is 12.8 Å². The van der Waals surface area contributed by atoms with E-state index in [1.165, 1.54) is 0 Å². The van der Waals surface area contributed by atoms with Crippen molar-refractivity contribution in [3.8, 4) is 0 Å². The molecule has 0 aliphatic carbocycles. The van der Waals surface area contributed by atoms with Crippen LogP contribution in [0.4, 0.5) is 4.70 Å². The molecule has 0 aromatic rings. The highest BCUT2D eigenvalue weighted by atomic mass is 19.0. The van der Waals surface area contributed by atoms with Crippen LogP contribution >= 0.6 is 0 Å². The second-order valence-electron chi connectivity index (χ2n) is 2.35. The third-order valence-corrected chi connectivity index (χ3v) is 1.14. The van der Waals surface area contributed by atoms with Crippen LogP contribution < -0.4 is 0 Å². The Hall–Kier alpha value is -0.930. The first-order valence-corrected chi connectivity index (χ1v) is 3.94. The van der Waals surface area contributed by atoms with Crippen LogP contribution in [0.2, 0.25) is 0 Å². The topological polar surface area (TPSA) is 43.4 Å². The molecule has 3 nitrogen and oxygen atoms in total. The van der Waals surface area contributed by atoms with Crippen molar-refractivity contribution in [1.29, 1.82) is 0 Å². The SMILES string of the molecule is CCCC(=O)OC(=O)CCC.F. The van der Waals surface area contributed by atoms with Gasteiger partial charge in [0.25, 0.3) is 0 Å². The fraction of sp³-hybridized carbons (Fsp3) is 0.750. The number of rotatable bonds is 4. The molecule has 0 atom stereocenters. The molecule has 4 heteroatoms. The molecular weight excluding hydrogens is 163 g/mol. The summed E-state index contributed by atoms with van der Waals surface area (Å²) < 4.78 is 4.45. The first-order valence-electron chi connectivity index (χ1n) is 3.94. The largest absolute Gasteiger partial charge is 0.393 e. The van der Waals surface area contributed by atoms with E-state index in [2.05, 4.69) is 4.74 Å². The Labute approximate surface area is 71.5 Å². The van der Waals surface area contributed by atoms with E-state index < -0.39 is 11.9 Å².